The van der Waals surface area contributed by atoms with Crippen LogP contribution in [-0.4, -0.2) is 21.7 Å². The normalized spacial score (nSPS) is 11.5. The molecule has 0 saturated heterocycles. The molecule has 0 aromatic heterocycles. The van der Waals surface area contributed by atoms with Crippen LogP contribution in [0.4, 0.5) is 0 Å². The van der Waals surface area contributed by atoms with E-state index in [1.807, 2.05) is 24.3 Å². The van der Waals surface area contributed by atoms with Crippen LogP contribution in [0.3, 0.4) is 0 Å². The van der Waals surface area contributed by atoms with Gasteiger partial charge in [-0.3, -0.25) is 4.99 Å². The first-order chi connectivity index (χ1) is 17.9. The average molecular weight is 529 g/mol. The number of nitrogens with zero attached hydrogens (tertiary/aromatic N) is 2. The molecule has 0 aliphatic rings. The maximum atomic E-state index is 10.1. The Bertz CT molecular complexity index is 1370. The zero-order valence-corrected chi connectivity index (χ0v) is 23.2. The first-order valence-electron chi connectivity index (χ1n) is 12.5. The first-order valence-corrected chi connectivity index (χ1v) is 13.7. The maximum Gasteiger partial charge on any atom is 0.164 e. The van der Waals surface area contributed by atoms with Crippen LogP contribution in [0.1, 0.15) is 33.4 Å². The molecule has 4 rings (SSSR count). The minimum absolute atomic E-state index is 0.274. The van der Waals surface area contributed by atoms with Crippen molar-refractivity contribution >= 4 is 28.5 Å². The third-order valence-corrected chi connectivity index (χ3v) is 7.65. The molecule has 0 amide bonds. The number of hydrogen-bond donors (Lipinski definition) is 1. The molecular formula is C32H33ClN2OS. The van der Waals surface area contributed by atoms with Crippen LogP contribution in [0, 0.1) is 20.8 Å². The quantitative estimate of drug-likeness (QED) is 0.142. The molecule has 3 nitrogen and oxygen atoms in total. The highest BCUT2D eigenvalue weighted by Crippen LogP contribution is 2.28. The van der Waals surface area contributed by atoms with Gasteiger partial charge in [0.1, 0.15) is 5.75 Å². The molecule has 0 fully saturated rings. The number of thioether (sulfide) groups is 1. The van der Waals surface area contributed by atoms with Gasteiger partial charge in [-0.05, 0) is 79.8 Å². The van der Waals surface area contributed by atoms with Crippen molar-refractivity contribution in [2.45, 2.75) is 45.2 Å². The summed E-state index contributed by atoms with van der Waals surface area (Å²) in [6.07, 6.45) is 0.854. The number of rotatable bonds is 8. The van der Waals surface area contributed by atoms with Crippen LogP contribution in [0.5, 0.6) is 5.75 Å². The van der Waals surface area contributed by atoms with Crippen molar-refractivity contribution in [2.24, 2.45) is 4.99 Å². The molecule has 0 bridgehead atoms. The molecule has 0 spiro atoms. The second kappa shape index (κ2) is 12.8. The molecule has 4 aromatic carbocycles. The summed E-state index contributed by atoms with van der Waals surface area (Å²) >= 11 is 7.83. The van der Waals surface area contributed by atoms with Gasteiger partial charge in [0, 0.05) is 23.0 Å². The number of phenols is 1. The number of aliphatic imine (C=N–C) groups is 1. The van der Waals surface area contributed by atoms with Gasteiger partial charge in [0.25, 0.3) is 0 Å². The number of amidine groups is 1. The van der Waals surface area contributed by atoms with E-state index in [0.717, 1.165) is 28.7 Å². The van der Waals surface area contributed by atoms with Crippen molar-refractivity contribution < 1.29 is 5.11 Å². The third-order valence-electron chi connectivity index (χ3n) is 6.15. The van der Waals surface area contributed by atoms with E-state index in [1.165, 1.54) is 32.7 Å². The molecule has 0 atom stereocenters. The number of phenolic OH excluding ortho intramolecular Hbond substituents is 1. The third kappa shape index (κ3) is 8.14. The molecule has 5 heteroatoms. The summed E-state index contributed by atoms with van der Waals surface area (Å²) in [5.41, 5.74) is 7.17. The second-order valence-electron chi connectivity index (χ2n) is 9.43. The van der Waals surface area contributed by atoms with Gasteiger partial charge in [-0.2, -0.15) is 0 Å². The Morgan fingerprint density at radius 3 is 2.27 bits per heavy atom. The van der Waals surface area contributed by atoms with Gasteiger partial charge in [-0.25, -0.2) is 0 Å². The van der Waals surface area contributed by atoms with Gasteiger partial charge >= 0.3 is 0 Å². The molecule has 1 N–H and O–H groups in total. The predicted octanol–water partition coefficient (Wildman–Crippen LogP) is 8.36. The van der Waals surface area contributed by atoms with Crippen LogP contribution >= 0.6 is 23.4 Å². The summed E-state index contributed by atoms with van der Waals surface area (Å²) in [4.78, 5) is 8.68. The second-order valence-corrected chi connectivity index (χ2v) is 10.9. The lowest BCUT2D eigenvalue weighted by Gasteiger charge is -2.27. The van der Waals surface area contributed by atoms with E-state index in [0.29, 0.717) is 13.1 Å². The molecule has 0 saturated carbocycles. The summed E-state index contributed by atoms with van der Waals surface area (Å²) < 4.78 is 0. The fraction of sp³-hybridized carbons (Fsp3) is 0.219. The molecule has 37 heavy (non-hydrogen) atoms. The molecule has 4 aromatic rings. The largest absolute Gasteiger partial charge is 0.508 e. The van der Waals surface area contributed by atoms with Gasteiger partial charge in [0.2, 0.25) is 0 Å². The highest BCUT2D eigenvalue weighted by Gasteiger charge is 2.16. The Balaban J connectivity index is 1.68. The van der Waals surface area contributed by atoms with Crippen LogP contribution in [0.2, 0.25) is 5.02 Å². The van der Waals surface area contributed by atoms with Crippen LogP contribution in [0.15, 0.2) is 101 Å². The van der Waals surface area contributed by atoms with E-state index in [4.69, 9.17) is 16.6 Å². The average Bonchev–Trinajstić information content (AvgIpc) is 2.87. The van der Waals surface area contributed by atoms with Gasteiger partial charge < -0.3 is 10.0 Å². The van der Waals surface area contributed by atoms with Crippen LogP contribution in [0.25, 0.3) is 0 Å². The highest BCUT2D eigenvalue weighted by molar-refractivity contribution is 8.13. The lowest BCUT2D eigenvalue weighted by molar-refractivity contribution is 0.420. The minimum atomic E-state index is 0.274. The SMILES string of the molecule is Cc1cccc(CN=C(Sc2ccc(C)cc2C)N(CCc2ccc(Cl)cc2)Cc2cccc(O)c2)c1. The van der Waals surface area contributed by atoms with E-state index >= 15 is 0 Å². The summed E-state index contributed by atoms with van der Waals surface area (Å²) in [5.74, 6) is 0.274. The molecular weight excluding hydrogens is 496 g/mol. The smallest absolute Gasteiger partial charge is 0.164 e. The maximum absolute atomic E-state index is 10.1. The summed E-state index contributed by atoms with van der Waals surface area (Å²) in [7, 11) is 0. The van der Waals surface area contributed by atoms with Crippen molar-refractivity contribution in [1.29, 1.82) is 0 Å². The van der Waals surface area contributed by atoms with Crippen molar-refractivity contribution in [2.75, 3.05) is 6.54 Å². The minimum Gasteiger partial charge on any atom is -0.508 e. The Labute approximate surface area is 229 Å². The molecule has 0 aliphatic heterocycles. The zero-order valence-electron chi connectivity index (χ0n) is 21.6. The van der Waals surface area contributed by atoms with Crippen molar-refractivity contribution in [3.05, 3.63) is 129 Å². The first kappa shape index (κ1) is 26.8. The van der Waals surface area contributed by atoms with Gasteiger partial charge in [0.05, 0.1) is 6.54 Å². The Morgan fingerprint density at radius 2 is 1.54 bits per heavy atom. The molecule has 0 unspecified atom stereocenters. The summed E-state index contributed by atoms with van der Waals surface area (Å²) in [6, 6.07) is 30.6. The predicted molar refractivity (Wildman–Crippen MR) is 158 cm³/mol. The van der Waals surface area contributed by atoms with E-state index in [2.05, 4.69) is 86.3 Å². The molecule has 190 valence electrons. The van der Waals surface area contributed by atoms with Crippen molar-refractivity contribution in [1.82, 2.24) is 4.90 Å². The van der Waals surface area contributed by atoms with Gasteiger partial charge in [-0.15, -0.1) is 0 Å². The number of halogens is 1. The van der Waals surface area contributed by atoms with Crippen molar-refractivity contribution in [3.8, 4) is 5.75 Å². The lowest BCUT2D eigenvalue weighted by atomic mass is 10.1. The molecule has 0 aliphatic carbocycles. The number of hydrogen-bond acceptors (Lipinski definition) is 3. The highest BCUT2D eigenvalue weighted by atomic mass is 35.5. The number of aromatic hydroxyl groups is 1. The topological polar surface area (TPSA) is 35.8 Å². The van der Waals surface area contributed by atoms with Crippen molar-refractivity contribution in [3.63, 3.8) is 0 Å². The fourth-order valence-corrected chi connectivity index (χ4v) is 5.30. The lowest BCUT2D eigenvalue weighted by Crippen LogP contribution is -2.31. The molecule has 0 radical (unpaired) electrons. The van der Waals surface area contributed by atoms with E-state index in [-0.39, 0.29) is 5.75 Å². The van der Waals surface area contributed by atoms with E-state index in [1.54, 1.807) is 17.8 Å². The monoisotopic (exact) mass is 528 g/mol. The standard InChI is InChI=1S/C32H33ClN2OS/c1-23-6-4-7-27(19-23)21-34-32(37-31-15-10-24(2)18-25(31)3)35(22-28-8-5-9-30(36)20-28)17-16-26-11-13-29(33)14-12-26/h4-15,18-20,36H,16-17,21-22H2,1-3H3. The zero-order chi connectivity index (χ0) is 26.2. The Morgan fingerprint density at radius 1 is 0.811 bits per heavy atom. The van der Waals surface area contributed by atoms with Gasteiger partial charge in [-0.1, -0.05) is 95.2 Å². The van der Waals surface area contributed by atoms with Crippen LogP contribution in [-0.2, 0) is 19.5 Å². The summed E-state index contributed by atoms with van der Waals surface area (Å²) in [5, 5.41) is 11.8. The molecule has 0 heterocycles. The van der Waals surface area contributed by atoms with Gasteiger partial charge in [0.15, 0.2) is 5.17 Å². The van der Waals surface area contributed by atoms with Crippen LogP contribution < -0.4 is 0 Å². The number of benzene rings is 4. The Kier molecular flexibility index (Phi) is 9.32. The Hall–Kier alpha value is -3.21. The van der Waals surface area contributed by atoms with E-state index < -0.39 is 0 Å². The van der Waals surface area contributed by atoms with E-state index in [9.17, 15) is 5.11 Å². The fourth-order valence-electron chi connectivity index (χ4n) is 4.21. The summed E-state index contributed by atoms with van der Waals surface area (Å²) in [6.45, 7) is 8.41. The number of aryl methyl sites for hydroxylation is 3.